The van der Waals surface area contributed by atoms with Crippen LogP contribution in [0.5, 0.6) is 0 Å². The normalized spacial score (nSPS) is 14.5. The number of piperidine rings is 1. The quantitative estimate of drug-likeness (QED) is 0.356. The van der Waals surface area contributed by atoms with Crippen molar-refractivity contribution in [2.24, 2.45) is 5.92 Å². The van der Waals surface area contributed by atoms with Gasteiger partial charge in [0.2, 0.25) is 5.13 Å². The summed E-state index contributed by atoms with van der Waals surface area (Å²) in [5.41, 5.74) is 5.84. The van der Waals surface area contributed by atoms with Crippen LogP contribution in [0, 0.1) is 12.8 Å². The van der Waals surface area contributed by atoms with Crippen LogP contribution >= 0.6 is 11.5 Å². The SMILES string of the molecule is Cc1ccc(Cc2nsc(N3CCC(CNC(=O)Nc4c(C(C)C)cccc4C(C)C)CC3)n2)cc1. The van der Waals surface area contributed by atoms with E-state index in [2.05, 4.69) is 97.0 Å². The van der Waals surface area contributed by atoms with Gasteiger partial charge >= 0.3 is 6.03 Å². The van der Waals surface area contributed by atoms with Gasteiger partial charge in [0.25, 0.3) is 0 Å². The van der Waals surface area contributed by atoms with Gasteiger partial charge in [0.05, 0.1) is 0 Å². The van der Waals surface area contributed by atoms with Crippen molar-refractivity contribution in [3.05, 3.63) is 70.5 Å². The van der Waals surface area contributed by atoms with E-state index in [0.717, 1.165) is 49.0 Å². The molecular formula is C29H39N5OS. The fourth-order valence-corrected chi connectivity index (χ4v) is 5.49. The molecule has 1 aromatic heterocycles. The molecule has 1 saturated heterocycles. The Labute approximate surface area is 219 Å². The van der Waals surface area contributed by atoms with Gasteiger partial charge in [0, 0.05) is 43.3 Å². The van der Waals surface area contributed by atoms with Crippen LogP contribution in [0.4, 0.5) is 15.6 Å². The number of aromatic nitrogens is 2. The molecule has 36 heavy (non-hydrogen) atoms. The molecule has 192 valence electrons. The molecule has 1 aliphatic rings. The summed E-state index contributed by atoms with van der Waals surface area (Å²) in [6.45, 7) is 13.3. The maximum atomic E-state index is 12.8. The summed E-state index contributed by atoms with van der Waals surface area (Å²) in [7, 11) is 0. The number of hydrogen-bond donors (Lipinski definition) is 2. The van der Waals surface area contributed by atoms with Crippen LogP contribution in [0.1, 0.15) is 80.5 Å². The van der Waals surface area contributed by atoms with Gasteiger partial charge in [-0.15, -0.1) is 0 Å². The van der Waals surface area contributed by atoms with E-state index in [-0.39, 0.29) is 6.03 Å². The van der Waals surface area contributed by atoms with Crippen LogP contribution in [0.3, 0.4) is 0 Å². The predicted octanol–water partition coefficient (Wildman–Crippen LogP) is 6.72. The number of rotatable bonds is 8. The predicted molar refractivity (Wildman–Crippen MR) is 150 cm³/mol. The van der Waals surface area contributed by atoms with Crippen molar-refractivity contribution < 1.29 is 4.79 Å². The van der Waals surface area contributed by atoms with Crippen molar-refractivity contribution in [1.82, 2.24) is 14.7 Å². The first-order valence-electron chi connectivity index (χ1n) is 13.1. The number of benzene rings is 2. The van der Waals surface area contributed by atoms with E-state index in [1.54, 1.807) is 0 Å². The number of para-hydroxylation sites is 1. The van der Waals surface area contributed by atoms with Crippen molar-refractivity contribution in [1.29, 1.82) is 0 Å². The van der Waals surface area contributed by atoms with E-state index in [0.29, 0.717) is 24.3 Å². The third kappa shape index (κ3) is 6.64. The maximum Gasteiger partial charge on any atom is 0.319 e. The second kappa shape index (κ2) is 11.9. The van der Waals surface area contributed by atoms with Gasteiger partial charge in [0.15, 0.2) is 0 Å². The molecule has 0 bridgehead atoms. The van der Waals surface area contributed by atoms with E-state index in [4.69, 9.17) is 4.98 Å². The molecule has 4 rings (SSSR count). The molecule has 2 amide bonds. The Morgan fingerprint density at radius 3 is 2.28 bits per heavy atom. The van der Waals surface area contributed by atoms with Crippen LogP contribution < -0.4 is 15.5 Å². The molecule has 1 fully saturated rings. The minimum Gasteiger partial charge on any atom is -0.347 e. The molecule has 0 spiro atoms. The van der Waals surface area contributed by atoms with Gasteiger partial charge in [-0.25, -0.2) is 9.78 Å². The highest BCUT2D eigenvalue weighted by atomic mass is 32.1. The first kappa shape index (κ1) is 26.1. The summed E-state index contributed by atoms with van der Waals surface area (Å²) in [5, 5.41) is 7.30. The molecule has 0 atom stereocenters. The summed E-state index contributed by atoms with van der Waals surface area (Å²) in [6, 6.07) is 14.8. The zero-order valence-electron chi connectivity index (χ0n) is 22.2. The number of nitrogens with one attached hydrogen (secondary N) is 2. The highest BCUT2D eigenvalue weighted by Gasteiger charge is 2.23. The zero-order valence-corrected chi connectivity index (χ0v) is 23.0. The van der Waals surface area contributed by atoms with E-state index in [1.165, 1.54) is 33.8 Å². The van der Waals surface area contributed by atoms with Crippen molar-refractivity contribution in [3.8, 4) is 0 Å². The first-order chi connectivity index (χ1) is 17.3. The first-order valence-corrected chi connectivity index (χ1v) is 13.9. The number of aryl methyl sites for hydroxylation is 1. The number of carbonyl (C=O) groups is 1. The van der Waals surface area contributed by atoms with E-state index < -0.39 is 0 Å². The van der Waals surface area contributed by atoms with Crippen LogP contribution in [0.15, 0.2) is 42.5 Å². The highest BCUT2D eigenvalue weighted by molar-refractivity contribution is 7.09. The molecule has 3 aromatic rings. The van der Waals surface area contributed by atoms with Crippen molar-refractivity contribution in [2.45, 2.75) is 65.7 Å². The van der Waals surface area contributed by atoms with Gasteiger partial charge < -0.3 is 15.5 Å². The summed E-state index contributed by atoms with van der Waals surface area (Å²) in [6.07, 6.45) is 2.84. The largest absolute Gasteiger partial charge is 0.347 e. The van der Waals surface area contributed by atoms with Gasteiger partial charge in [-0.2, -0.15) is 4.37 Å². The Kier molecular flexibility index (Phi) is 8.62. The zero-order chi connectivity index (χ0) is 25.7. The Balaban J connectivity index is 1.26. The van der Waals surface area contributed by atoms with Crippen molar-refractivity contribution in [3.63, 3.8) is 0 Å². The lowest BCUT2D eigenvalue weighted by molar-refractivity contribution is 0.248. The average Bonchev–Trinajstić information content (AvgIpc) is 3.33. The molecule has 0 saturated carbocycles. The fourth-order valence-electron chi connectivity index (χ4n) is 4.75. The lowest BCUT2D eigenvalue weighted by Crippen LogP contribution is -2.40. The highest BCUT2D eigenvalue weighted by Crippen LogP contribution is 2.32. The molecule has 2 heterocycles. The standard InChI is InChI=1S/C29H39N5OS/c1-19(2)24-7-6-8-25(20(3)4)27(24)32-28(35)30-18-23-13-15-34(16-14-23)29-31-26(33-36-29)17-22-11-9-21(5)10-12-22/h6-12,19-20,23H,13-18H2,1-5H3,(H2,30,32,35). The summed E-state index contributed by atoms with van der Waals surface area (Å²) >= 11 is 1.49. The lowest BCUT2D eigenvalue weighted by Gasteiger charge is -2.31. The third-order valence-electron chi connectivity index (χ3n) is 6.99. The molecule has 1 aliphatic heterocycles. The molecule has 0 unspecified atom stereocenters. The maximum absolute atomic E-state index is 12.8. The molecule has 2 N–H and O–H groups in total. The number of anilines is 2. The Hall–Kier alpha value is -2.93. The molecular weight excluding hydrogens is 466 g/mol. The Morgan fingerprint density at radius 1 is 1.03 bits per heavy atom. The smallest absolute Gasteiger partial charge is 0.319 e. The topological polar surface area (TPSA) is 70.2 Å². The molecule has 0 radical (unpaired) electrons. The second-order valence-corrected chi connectivity index (χ2v) is 11.3. The fraction of sp³-hybridized carbons (Fsp3) is 0.483. The average molecular weight is 506 g/mol. The molecule has 0 aliphatic carbocycles. The van der Waals surface area contributed by atoms with Crippen LogP contribution in [-0.4, -0.2) is 35.0 Å². The Bertz CT molecular complexity index is 1120. The van der Waals surface area contributed by atoms with Gasteiger partial charge in [-0.05, 0) is 54.2 Å². The van der Waals surface area contributed by atoms with Gasteiger partial charge in [-0.1, -0.05) is 75.7 Å². The van der Waals surface area contributed by atoms with E-state index in [9.17, 15) is 4.79 Å². The number of amides is 2. The van der Waals surface area contributed by atoms with Crippen LogP contribution in [0.25, 0.3) is 0 Å². The molecule has 7 heteroatoms. The molecule has 2 aromatic carbocycles. The van der Waals surface area contributed by atoms with Crippen molar-refractivity contribution >= 4 is 28.4 Å². The van der Waals surface area contributed by atoms with Crippen molar-refractivity contribution in [2.75, 3.05) is 29.9 Å². The van der Waals surface area contributed by atoms with E-state index in [1.807, 2.05) is 0 Å². The third-order valence-corrected chi connectivity index (χ3v) is 7.80. The summed E-state index contributed by atoms with van der Waals surface area (Å²) < 4.78 is 4.59. The monoisotopic (exact) mass is 505 g/mol. The molecule has 6 nitrogen and oxygen atoms in total. The van der Waals surface area contributed by atoms with E-state index >= 15 is 0 Å². The van der Waals surface area contributed by atoms with Crippen LogP contribution in [-0.2, 0) is 6.42 Å². The summed E-state index contributed by atoms with van der Waals surface area (Å²) in [4.78, 5) is 19.9. The minimum absolute atomic E-state index is 0.114. The minimum atomic E-state index is -0.114. The number of hydrogen-bond acceptors (Lipinski definition) is 5. The van der Waals surface area contributed by atoms with Crippen LogP contribution in [0.2, 0.25) is 0 Å². The number of carbonyl (C=O) groups excluding carboxylic acids is 1. The summed E-state index contributed by atoms with van der Waals surface area (Å²) in [5.74, 6) is 2.06. The van der Waals surface area contributed by atoms with Gasteiger partial charge in [0.1, 0.15) is 5.82 Å². The van der Waals surface area contributed by atoms with Gasteiger partial charge in [-0.3, -0.25) is 0 Å². The second-order valence-electron chi connectivity index (χ2n) is 10.5. The number of urea groups is 1. The number of nitrogens with zero attached hydrogens (tertiary/aromatic N) is 3. The lowest BCUT2D eigenvalue weighted by atomic mass is 9.93. The Morgan fingerprint density at radius 2 is 1.67 bits per heavy atom.